The number of carbonyl (C=O) groups is 1. The molecule has 1 aromatic heterocycles. The first-order valence-electron chi connectivity index (χ1n) is 9.55. The second-order valence-electron chi connectivity index (χ2n) is 7.44. The molecular formula is C21H21N5O. The summed E-state index contributed by atoms with van der Waals surface area (Å²) in [7, 11) is 0. The topological polar surface area (TPSA) is 72.7 Å². The number of nitrogens with zero attached hydrogens (tertiary/aromatic N) is 4. The van der Waals surface area contributed by atoms with Crippen LogP contribution in [-0.2, 0) is 24.1 Å². The first-order valence-corrected chi connectivity index (χ1v) is 9.55. The van der Waals surface area contributed by atoms with Gasteiger partial charge in [0.05, 0.1) is 12.5 Å². The van der Waals surface area contributed by atoms with Crippen LogP contribution in [0, 0.1) is 0 Å². The summed E-state index contributed by atoms with van der Waals surface area (Å²) in [6.45, 7) is 0. The van der Waals surface area contributed by atoms with Gasteiger partial charge in [-0.3, -0.25) is 4.79 Å². The molecule has 0 bridgehead atoms. The lowest BCUT2D eigenvalue weighted by atomic mass is 10.0. The van der Waals surface area contributed by atoms with Gasteiger partial charge in [0, 0.05) is 11.3 Å². The first-order chi connectivity index (χ1) is 13.3. The van der Waals surface area contributed by atoms with Crippen LogP contribution in [0.15, 0.2) is 42.5 Å². The molecule has 5 rings (SSSR count). The molecule has 0 saturated heterocycles. The van der Waals surface area contributed by atoms with Gasteiger partial charge in [0.15, 0.2) is 5.82 Å². The number of anilines is 1. The number of hydrogen-bond donors (Lipinski definition) is 1. The molecule has 6 nitrogen and oxygen atoms in total. The summed E-state index contributed by atoms with van der Waals surface area (Å²) in [6, 6.07) is 14.6. The lowest BCUT2D eigenvalue weighted by Crippen LogP contribution is -2.14. The van der Waals surface area contributed by atoms with Gasteiger partial charge in [0.1, 0.15) is 0 Å². The molecule has 2 aliphatic carbocycles. The third kappa shape index (κ3) is 3.35. The van der Waals surface area contributed by atoms with Gasteiger partial charge >= 0.3 is 0 Å². The summed E-state index contributed by atoms with van der Waals surface area (Å²) in [5, 5.41) is 15.0. The van der Waals surface area contributed by atoms with Crippen LogP contribution in [0.4, 0.5) is 5.69 Å². The van der Waals surface area contributed by atoms with E-state index < -0.39 is 0 Å². The lowest BCUT2D eigenvalue weighted by molar-refractivity contribution is -0.115. The van der Waals surface area contributed by atoms with Crippen LogP contribution < -0.4 is 5.32 Å². The van der Waals surface area contributed by atoms with Crippen LogP contribution in [0.25, 0.3) is 11.4 Å². The normalized spacial score (nSPS) is 15.6. The van der Waals surface area contributed by atoms with Crippen molar-refractivity contribution < 1.29 is 4.79 Å². The molecule has 0 unspecified atom stereocenters. The zero-order chi connectivity index (χ0) is 18.2. The van der Waals surface area contributed by atoms with E-state index in [4.69, 9.17) is 0 Å². The Balaban J connectivity index is 1.25. The summed E-state index contributed by atoms with van der Waals surface area (Å²) in [5.41, 5.74) is 5.66. The largest absolute Gasteiger partial charge is 0.326 e. The SMILES string of the molecule is O=C(Cc1ccc2c(c1)CCC2)Nc1ccc(-c2nnnn2C2CC2)cc1. The third-order valence-electron chi connectivity index (χ3n) is 5.34. The van der Waals surface area contributed by atoms with Crippen molar-refractivity contribution in [2.24, 2.45) is 0 Å². The number of aryl methyl sites for hydroxylation is 2. The summed E-state index contributed by atoms with van der Waals surface area (Å²) < 4.78 is 1.89. The number of tetrazole rings is 1. The lowest BCUT2D eigenvalue weighted by Gasteiger charge is -2.08. The highest BCUT2D eigenvalue weighted by Gasteiger charge is 2.28. The fourth-order valence-electron chi connectivity index (χ4n) is 3.78. The van der Waals surface area contributed by atoms with Gasteiger partial charge in [0.25, 0.3) is 0 Å². The third-order valence-corrected chi connectivity index (χ3v) is 5.34. The Morgan fingerprint density at radius 3 is 2.70 bits per heavy atom. The average molecular weight is 359 g/mol. The van der Waals surface area contributed by atoms with Crippen molar-refractivity contribution in [2.75, 3.05) is 5.32 Å². The summed E-state index contributed by atoms with van der Waals surface area (Å²) in [6.07, 6.45) is 6.19. The Morgan fingerprint density at radius 1 is 1.07 bits per heavy atom. The Kier molecular flexibility index (Phi) is 3.96. The van der Waals surface area contributed by atoms with Crippen LogP contribution in [0.1, 0.15) is 42.0 Å². The molecule has 2 aromatic carbocycles. The number of hydrogen-bond acceptors (Lipinski definition) is 4. The Morgan fingerprint density at radius 2 is 1.89 bits per heavy atom. The van der Waals surface area contributed by atoms with E-state index in [9.17, 15) is 4.79 Å². The minimum Gasteiger partial charge on any atom is -0.326 e. The van der Waals surface area contributed by atoms with E-state index in [1.165, 1.54) is 17.5 Å². The molecular weight excluding hydrogens is 338 g/mol. The van der Waals surface area contributed by atoms with Gasteiger partial charge < -0.3 is 5.32 Å². The second kappa shape index (κ2) is 6.61. The fourth-order valence-corrected chi connectivity index (χ4v) is 3.78. The smallest absolute Gasteiger partial charge is 0.228 e. The van der Waals surface area contributed by atoms with Crippen LogP contribution in [-0.4, -0.2) is 26.1 Å². The van der Waals surface area contributed by atoms with Crippen molar-refractivity contribution in [3.05, 3.63) is 59.2 Å². The van der Waals surface area contributed by atoms with Crippen molar-refractivity contribution >= 4 is 11.6 Å². The summed E-state index contributed by atoms with van der Waals surface area (Å²) >= 11 is 0. The zero-order valence-electron chi connectivity index (χ0n) is 15.1. The molecule has 1 heterocycles. The van der Waals surface area contributed by atoms with Gasteiger partial charge in [-0.25, -0.2) is 4.68 Å². The highest BCUT2D eigenvalue weighted by atomic mass is 16.1. The maximum absolute atomic E-state index is 12.4. The van der Waals surface area contributed by atoms with Gasteiger partial charge in [-0.05, 0) is 83.5 Å². The highest BCUT2D eigenvalue weighted by Crippen LogP contribution is 2.36. The van der Waals surface area contributed by atoms with Gasteiger partial charge in [-0.15, -0.1) is 5.10 Å². The van der Waals surface area contributed by atoms with E-state index in [2.05, 4.69) is 39.0 Å². The molecule has 27 heavy (non-hydrogen) atoms. The molecule has 0 atom stereocenters. The Labute approximate surface area is 157 Å². The van der Waals surface area contributed by atoms with E-state index in [1.807, 2.05) is 28.9 Å². The highest BCUT2D eigenvalue weighted by molar-refractivity contribution is 5.92. The fraction of sp³-hybridized carbons (Fsp3) is 0.333. The van der Waals surface area contributed by atoms with Gasteiger partial charge in [0.2, 0.25) is 5.91 Å². The van der Waals surface area contributed by atoms with E-state index in [1.54, 1.807) is 0 Å². The molecule has 3 aromatic rings. The van der Waals surface area contributed by atoms with E-state index >= 15 is 0 Å². The van der Waals surface area contributed by atoms with E-state index in [-0.39, 0.29) is 5.91 Å². The maximum atomic E-state index is 12.4. The first kappa shape index (κ1) is 16.2. The van der Waals surface area contributed by atoms with Crippen LogP contribution in [0.2, 0.25) is 0 Å². The molecule has 0 aliphatic heterocycles. The van der Waals surface area contributed by atoms with Gasteiger partial charge in [-0.2, -0.15) is 0 Å². The second-order valence-corrected chi connectivity index (χ2v) is 7.44. The average Bonchev–Trinajstić information content (AvgIpc) is 3.21. The molecule has 6 heteroatoms. The molecule has 1 amide bonds. The number of fused-ring (bicyclic) bond motifs is 1. The van der Waals surface area contributed by atoms with E-state index in [0.29, 0.717) is 12.5 Å². The molecule has 0 spiro atoms. The number of carbonyl (C=O) groups excluding carboxylic acids is 1. The minimum absolute atomic E-state index is 0.00325. The maximum Gasteiger partial charge on any atom is 0.228 e. The van der Waals surface area contributed by atoms with Crippen molar-refractivity contribution in [1.82, 2.24) is 20.2 Å². The predicted octanol–water partition coefficient (Wildman–Crippen LogP) is 3.34. The Bertz CT molecular complexity index is 988. The molecule has 136 valence electrons. The molecule has 0 radical (unpaired) electrons. The molecule has 1 fully saturated rings. The standard InChI is InChI=1S/C21H21N5O/c27-20(13-14-4-5-15-2-1-3-17(15)12-14)22-18-8-6-16(7-9-18)21-23-24-25-26(21)19-10-11-19/h4-9,12,19H,1-3,10-11,13H2,(H,22,27). The van der Waals surface area contributed by atoms with Crippen molar-refractivity contribution in [3.63, 3.8) is 0 Å². The number of benzene rings is 2. The quantitative estimate of drug-likeness (QED) is 0.758. The van der Waals surface area contributed by atoms with Crippen LogP contribution >= 0.6 is 0 Å². The molecule has 1 saturated carbocycles. The molecule has 2 aliphatic rings. The van der Waals surface area contributed by atoms with Crippen LogP contribution in [0.5, 0.6) is 0 Å². The number of aromatic nitrogens is 4. The minimum atomic E-state index is 0.00325. The van der Waals surface area contributed by atoms with Crippen molar-refractivity contribution in [3.8, 4) is 11.4 Å². The predicted molar refractivity (Wildman–Crippen MR) is 102 cm³/mol. The zero-order valence-corrected chi connectivity index (χ0v) is 15.1. The summed E-state index contributed by atoms with van der Waals surface area (Å²) in [5.74, 6) is 0.789. The number of amides is 1. The Hall–Kier alpha value is -3.02. The monoisotopic (exact) mass is 359 g/mol. The number of nitrogens with one attached hydrogen (secondary N) is 1. The molecule has 1 N–H and O–H groups in total. The van der Waals surface area contributed by atoms with Crippen LogP contribution in [0.3, 0.4) is 0 Å². The van der Waals surface area contributed by atoms with Crippen molar-refractivity contribution in [1.29, 1.82) is 0 Å². The number of rotatable bonds is 5. The van der Waals surface area contributed by atoms with E-state index in [0.717, 1.165) is 48.3 Å². The van der Waals surface area contributed by atoms with Crippen molar-refractivity contribution in [2.45, 2.75) is 44.6 Å². The van der Waals surface area contributed by atoms with Gasteiger partial charge in [-0.1, -0.05) is 18.2 Å². The summed E-state index contributed by atoms with van der Waals surface area (Å²) in [4.78, 5) is 12.4.